The van der Waals surface area contributed by atoms with Crippen molar-refractivity contribution in [2.75, 3.05) is 13.1 Å². The normalized spacial score (nSPS) is 24.2. The van der Waals surface area contributed by atoms with E-state index in [1.54, 1.807) is 17.0 Å². The smallest absolute Gasteiger partial charge is 0.326 e. The Morgan fingerprint density at radius 2 is 2.08 bits per heavy atom. The number of carbonyl (C=O) groups excluding carboxylic acids is 1. The number of hydrogen-bond donors (Lipinski definition) is 2. The Morgan fingerprint density at radius 1 is 1.32 bits per heavy atom. The lowest BCUT2D eigenvalue weighted by Gasteiger charge is -2.43. The molecule has 136 valence electrons. The Bertz CT molecular complexity index is 729. The fraction of sp³-hybridized carbons (Fsp3) is 0.611. The molecule has 0 unspecified atom stereocenters. The molecular weight excluding hydrogens is 322 g/mol. The number of amides is 2. The second-order valence-electron chi connectivity index (χ2n) is 7.25. The molecule has 7 nitrogen and oxygen atoms in total. The maximum Gasteiger partial charge on any atom is 0.326 e. The van der Waals surface area contributed by atoms with Gasteiger partial charge in [-0.25, -0.2) is 9.59 Å². The van der Waals surface area contributed by atoms with Gasteiger partial charge in [-0.1, -0.05) is 26.3 Å². The fourth-order valence-corrected chi connectivity index (χ4v) is 3.97. The Morgan fingerprint density at radius 3 is 2.76 bits per heavy atom. The summed E-state index contributed by atoms with van der Waals surface area (Å²) in [5.41, 5.74) is 0.978. The van der Waals surface area contributed by atoms with Gasteiger partial charge in [-0.15, -0.1) is 0 Å². The standard InChI is InChI=1S/C18H25N3O4/c1-3-11(2)16(17(23)24)19-18(25)20-8-12-7-13(10-20)14-5-4-6-15(22)21(14)9-12/h4-6,11-13,16H,3,7-10H2,1-2H3,(H,19,25)(H,23,24)/t11-,12-,13-,16-/m0/s1. The number of likely N-dealkylation sites (tertiary alicyclic amines) is 1. The van der Waals surface area contributed by atoms with Gasteiger partial charge in [0.15, 0.2) is 0 Å². The zero-order chi connectivity index (χ0) is 18.1. The Balaban J connectivity index is 1.75. The van der Waals surface area contributed by atoms with E-state index in [1.807, 2.05) is 24.5 Å². The number of pyridine rings is 1. The first-order chi connectivity index (χ1) is 11.9. The van der Waals surface area contributed by atoms with Gasteiger partial charge in [0.25, 0.3) is 5.56 Å². The van der Waals surface area contributed by atoms with Gasteiger partial charge in [0.1, 0.15) is 6.04 Å². The van der Waals surface area contributed by atoms with E-state index in [9.17, 15) is 19.5 Å². The summed E-state index contributed by atoms with van der Waals surface area (Å²) in [7, 11) is 0. The number of rotatable bonds is 4. The third-order valence-corrected chi connectivity index (χ3v) is 5.52. The van der Waals surface area contributed by atoms with Crippen molar-refractivity contribution in [1.29, 1.82) is 0 Å². The second kappa shape index (κ2) is 6.90. The van der Waals surface area contributed by atoms with Crippen molar-refractivity contribution in [3.05, 3.63) is 34.2 Å². The predicted molar refractivity (Wildman–Crippen MR) is 92.5 cm³/mol. The van der Waals surface area contributed by atoms with E-state index in [-0.39, 0.29) is 29.3 Å². The van der Waals surface area contributed by atoms with Gasteiger partial charge >= 0.3 is 12.0 Å². The van der Waals surface area contributed by atoms with Crippen molar-refractivity contribution in [2.45, 2.75) is 45.2 Å². The second-order valence-corrected chi connectivity index (χ2v) is 7.25. The monoisotopic (exact) mass is 347 g/mol. The van der Waals surface area contributed by atoms with Crippen LogP contribution in [0.1, 0.15) is 38.3 Å². The predicted octanol–water partition coefficient (Wildman–Crippen LogP) is 1.48. The van der Waals surface area contributed by atoms with Crippen LogP contribution in [0.4, 0.5) is 4.79 Å². The van der Waals surface area contributed by atoms with Gasteiger partial charge in [0.2, 0.25) is 0 Å². The van der Waals surface area contributed by atoms with Crippen LogP contribution in [0, 0.1) is 11.8 Å². The maximum atomic E-state index is 12.6. The number of nitrogens with zero attached hydrogens (tertiary/aromatic N) is 2. The van der Waals surface area contributed by atoms with E-state index in [0.717, 1.165) is 12.1 Å². The number of piperidine rings is 1. The van der Waals surface area contributed by atoms with Crippen molar-refractivity contribution in [3.8, 4) is 0 Å². The number of nitrogens with one attached hydrogen (secondary N) is 1. The van der Waals surface area contributed by atoms with Crippen LogP contribution in [-0.4, -0.2) is 45.7 Å². The topological polar surface area (TPSA) is 91.6 Å². The molecule has 0 saturated carbocycles. The van der Waals surface area contributed by atoms with Gasteiger partial charge in [-0.05, 0) is 24.3 Å². The minimum atomic E-state index is -1.00. The molecule has 3 heterocycles. The number of aliphatic carboxylic acids is 1. The number of carboxylic acid groups (broad SMARTS) is 1. The molecule has 0 aromatic carbocycles. The molecule has 1 aromatic heterocycles. The van der Waals surface area contributed by atoms with E-state index in [4.69, 9.17) is 0 Å². The van der Waals surface area contributed by atoms with Crippen molar-refractivity contribution < 1.29 is 14.7 Å². The van der Waals surface area contributed by atoms with Crippen LogP contribution < -0.4 is 10.9 Å². The van der Waals surface area contributed by atoms with Gasteiger partial charge < -0.3 is 19.9 Å². The molecule has 0 aliphatic carbocycles. The number of aromatic nitrogens is 1. The molecular formula is C18H25N3O4. The third-order valence-electron chi connectivity index (χ3n) is 5.52. The minimum absolute atomic E-state index is 0.00723. The molecule has 4 atom stereocenters. The van der Waals surface area contributed by atoms with Crippen molar-refractivity contribution in [3.63, 3.8) is 0 Å². The molecule has 2 amide bonds. The number of carboxylic acids is 1. The molecule has 25 heavy (non-hydrogen) atoms. The number of carbonyl (C=O) groups is 2. The zero-order valence-electron chi connectivity index (χ0n) is 14.6. The molecule has 1 saturated heterocycles. The first-order valence-corrected chi connectivity index (χ1v) is 8.88. The summed E-state index contributed by atoms with van der Waals surface area (Å²) < 4.78 is 1.81. The highest BCUT2D eigenvalue weighted by atomic mass is 16.4. The first kappa shape index (κ1) is 17.5. The fourth-order valence-electron chi connectivity index (χ4n) is 3.97. The lowest BCUT2D eigenvalue weighted by molar-refractivity contribution is -0.140. The lowest BCUT2D eigenvalue weighted by Crippen LogP contribution is -2.55. The third kappa shape index (κ3) is 3.41. The van der Waals surface area contributed by atoms with Crippen molar-refractivity contribution in [2.24, 2.45) is 11.8 Å². The molecule has 0 spiro atoms. The van der Waals surface area contributed by atoms with E-state index in [0.29, 0.717) is 26.1 Å². The van der Waals surface area contributed by atoms with Crippen LogP contribution in [0.15, 0.2) is 23.0 Å². The summed E-state index contributed by atoms with van der Waals surface area (Å²) in [6.45, 7) is 5.41. The molecule has 2 bridgehead atoms. The van der Waals surface area contributed by atoms with Crippen LogP contribution in [-0.2, 0) is 11.3 Å². The molecule has 3 rings (SSSR count). The molecule has 1 fully saturated rings. The number of urea groups is 1. The number of fused-ring (bicyclic) bond motifs is 4. The van der Waals surface area contributed by atoms with Crippen LogP contribution >= 0.6 is 0 Å². The average molecular weight is 347 g/mol. The molecule has 7 heteroatoms. The van der Waals surface area contributed by atoms with E-state index >= 15 is 0 Å². The summed E-state index contributed by atoms with van der Waals surface area (Å²) in [6, 6.07) is 4.07. The van der Waals surface area contributed by atoms with Gasteiger partial charge in [-0.2, -0.15) is 0 Å². The summed E-state index contributed by atoms with van der Waals surface area (Å²) >= 11 is 0. The Labute approximate surface area is 146 Å². The molecule has 2 aliphatic heterocycles. The maximum absolute atomic E-state index is 12.6. The van der Waals surface area contributed by atoms with Crippen LogP contribution in [0.25, 0.3) is 0 Å². The van der Waals surface area contributed by atoms with E-state index < -0.39 is 12.0 Å². The first-order valence-electron chi connectivity index (χ1n) is 8.88. The largest absolute Gasteiger partial charge is 0.480 e. The van der Waals surface area contributed by atoms with Gasteiger partial charge in [0.05, 0.1) is 0 Å². The zero-order valence-corrected chi connectivity index (χ0v) is 14.6. The lowest BCUT2D eigenvalue weighted by atomic mass is 9.83. The summed E-state index contributed by atoms with van der Waals surface area (Å²) in [5.74, 6) is -0.787. The number of hydrogen-bond acceptors (Lipinski definition) is 3. The summed E-state index contributed by atoms with van der Waals surface area (Å²) in [5, 5.41) is 12.1. The van der Waals surface area contributed by atoms with Crippen LogP contribution in [0.5, 0.6) is 0 Å². The molecule has 0 radical (unpaired) electrons. The van der Waals surface area contributed by atoms with Crippen LogP contribution in [0.3, 0.4) is 0 Å². The minimum Gasteiger partial charge on any atom is -0.480 e. The Kier molecular flexibility index (Phi) is 4.83. The van der Waals surface area contributed by atoms with E-state index in [2.05, 4.69) is 5.32 Å². The van der Waals surface area contributed by atoms with Gasteiger partial charge in [-0.3, -0.25) is 4.79 Å². The van der Waals surface area contributed by atoms with E-state index in [1.165, 1.54) is 0 Å². The molecule has 1 aromatic rings. The SMILES string of the molecule is CC[C@H](C)[C@H](NC(=O)N1C[C@@H]2C[C@@H](C1)c1cccc(=O)n1C2)C(=O)O. The van der Waals surface area contributed by atoms with Crippen molar-refractivity contribution in [1.82, 2.24) is 14.8 Å². The van der Waals surface area contributed by atoms with Crippen LogP contribution in [0.2, 0.25) is 0 Å². The van der Waals surface area contributed by atoms with Crippen molar-refractivity contribution >= 4 is 12.0 Å². The summed E-state index contributed by atoms with van der Waals surface area (Å²) in [6.07, 6.45) is 1.64. The molecule has 2 N–H and O–H groups in total. The highest BCUT2D eigenvalue weighted by Crippen LogP contribution is 2.34. The molecule has 2 aliphatic rings. The Hall–Kier alpha value is -2.31. The quantitative estimate of drug-likeness (QED) is 0.863. The van der Waals surface area contributed by atoms with Gasteiger partial charge in [0, 0.05) is 37.3 Å². The highest BCUT2D eigenvalue weighted by Gasteiger charge is 2.37. The average Bonchev–Trinajstić information content (AvgIpc) is 2.59. The highest BCUT2D eigenvalue weighted by molar-refractivity contribution is 5.83. The summed E-state index contributed by atoms with van der Waals surface area (Å²) in [4.78, 5) is 37.8.